The predicted octanol–water partition coefficient (Wildman–Crippen LogP) is 6.08. The summed E-state index contributed by atoms with van der Waals surface area (Å²) in [5, 5.41) is 5.82. The molecule has 3 aromatic carbocycles. The molecule has 5 rings (SSSR count). The van der Waals surface area contributed by atoms with Gasteiger partial charge in [-0.2, -0.15) is 0 Å². The zero-order valence-electron chi connectivity index (χ0n) is 23.3. The summed E-state index contributed by atoms with van der Waals surface area (Å²) in [6.45, 7) is 12.3. The normalized spacial score (nSPS) is 20.7. The van der Waals surface area contributed by atoms with Crippen LogP contribution in [0.4, 0.5) is 11.4 Å². The first-order valence-corrected chi connectivity index (χ1v) is 13.4. The maximum absolute atomic E-state index is 13.3. The third-order valence-corrected chi connectivity index (χ3v) is 7.56. The van der Waals surface area contributed by atoms with Gasteiger partial charge in [0.1, 0.15) is 5.75 Å². The average molecular weight is 586 g/mol. The van der Waals surface area contributed by atoms with Crippen LogP contribution in [0.5, 0.6) is 5.75 Å². The smallest absolute Gasteiger partial charge is 0.265 e. The van der Waals surface area contributed by atoms with Crippen LogP contribution in [0.1, 0.15) is 43.6 Å². The Balaban J connectivity index is 0.00000220. The molecule has 3 atom stereocenters. The van der Waals surface area contributed by atoms with Crippen molar-refractivity contribution in [1.29, 1.82) is 0 Å². The van der Waals surface area contributed by atoms with Gasteiger partial charge in [0.2, 0.25) is 0 Å². The number of nitrogens with one attached hydrogen (secondary N) is 2. The number of carbonyl (C=O) groups excluding carboxylic acids is 2. The molecule has 0 aromatic heterocycles. The van der Waals surface area contributed by atoms with Crippen LogP contribution in [0.2, 0.25) is 0 Å². The van der Waals surface area contributed by atoms with E-state index in [4.69, 9.17) is 4.74 Å². The minimum absolute atomic E-state index is 0. The van der Waals surface area contributed by atoms with Crippen LogP contribution in [0.15, 0.2) is 66.7 Å². The lowest BCUT2D eigenvalue weighted by Crippen LogP contribution is -2.56. The van der Waals surface area contributed by atoms with Crippen LogP contribution in [0.25, 0.3) is 11.1 Å². The van der Waals surface area contributed by atoms with Gasteiger partial charge in [-0.15, -0.1) is 24.8 Å². The first-order chi connectivity index (χ1) is 18.3. The maximum atomic E-state index is 13.3. The number of halogens is 2. The molecule has 0 radical (unpaired) electrons. The molecule has 214 valence electrons. The third kappa shape index (κ3) is 6.78. The van der Waals surface area contributed by atoms with Crippen LogP contribution in [-0.2, 0) is 11.3 Å². The molecule has 40 heavy (non-hydrogen) atoms. The third-order valence-electron chi connectivity index (χ3n) is 7.56. The predicted molar refractivity (Wildman–Crippen MR) is 166 cm³/mol. The van der Waals surface area contributed by atoms with Crippen LogP contribution >= 0.6 is 24.8 Å². The Bertz CT molecular complexity index is 1330. The molecule has 2 amide bonds. The number of carbonyl (C=O) groups is 2. The lowest BCUT2D eigenvalue weighted by atomic mass is 9.96. The van der Waals surface area contributed by atoms with Crippen molar-refractivity contribution in [2.24, 2.45) is 0 Å². The molecule has 3 aromatic rings. The molecule has 2 heterocycles. The lowest BCUT2D eigenvalue weighted by molar-refractivity contribution is -0.122. The summed E-state index contributed by atoms with van der Waals surface area (Å²) in [5.74, 6) is 0.196. The van der Waals surface area contributed by atoms with E-state index in [1.54, 1.807) is 25.1 Å². The molecule has 2 N–H and O–H groups in total. The molecule has 2 aliphatic rings. The van der Waals surface area contributed by atoms with Crippen LogP contribution in [0, 0.1) is 0 Å². The number of ether oxygens (including phenoxy) is 1. The van der Waals surface area contributed by atoms with E-state index in [0.29, 0.717) is 34.8 Å². The van der Waals surface area contributed by atoms with E-state index in [-0.39, 0.29) is 36.6 Å². The van der Waals surface area contributed by atoms with Crippen molar-refractivity contribution >= 4 is 48.0 Å². The van der Waals surface area contributed by atoms with Crippen molar-refractivity contribution in [3.05, 3.63) is 77.9 Å². The lowest BCUT2D eigenvalue weighted by Gasteiger charge is -2.44. The van der Waals surface area contributed by atoms with Crippen molar-refractivity contribution in [3.8, 4) is 16.9 Å². The fraction of sp³-hybridized carbons (Fsp3) is 0.355. The van der Waals surface area contributed by atoms with E-state index in [9.17, 15) is 9.59 Å². The number of hydrogen-bond donors (Lipinski definition) is 2. The van der Waals surface area contributed by atoms with Gasteiger partial charge in [0.25, 0.3) is 11.8 Å². The van der Waals surface area contributed by atoms with Crippen LogP contribution in [-0.4, -0.2) is 59.4 Å². The highest BCUT2D eigenvalue weighted by atomic mass is 35.5. The van der Waals surface area contributed by atoms with E-state index < -0.39 is 6.10 Å². The van der Waals surface area contributed by atoms with E-state index in [1.807, 2.05) is 30.3 Å². The molecule has 1 unspecified atom stereocenters. The molecular weight excluding hydrogens is 547 g/mol. The van der Waals surface area contributed by atoms with E-state index in [0.717, 1.165) is 42.9 Å². The summed E-state index contributed by atoms with van der Waals surface area (Å²) >= 11 is 0. The number of fused-ring (bicyclic) bond motifs is 1. The monoisotopic (exact) mass is 584 g/mol. The van der Waals surface area contributed by atoms with Gasteiger partial charge in [0.15, 0.2) is 6.10 Å². The van der Waals surface area contributed by atoms with Gasteiger partial charge in [-0.05, 0) is 74.3 Å². The Morgan fingerprint density at radius 2 is 1.68 bits per heavy atom. The fourth-order valence-corrected chi connectivity index (χ4v) is 5.71. The first-order valence-electron chi connectivity index (χ1n) is 13.4. The number of rotatable bonds is 6. The number of nitrogens with zero attached hydrogens (tertiary/aromatic N) is 2. The number of anilines is 2. The highest BCUT2D eigenvalue weighted by Gasteiger charge is 2.29. The maximum Gasteiger partial charge on any atom is 0.265 e. The molecule has 0 saturated carbocycles. The summed E-state index contributed by atoms with van der Waals surface area (Å²) < 4.78 is 5.63. The van der Waals surface area contributed by atoms with E-state index in [1.165, 1.54) is 0 Å². The Labute approximate surface area is 249 Å². The van der Waals surface area contributed by atoms with Gasteiger partial charge in [-0.1, -0.05) is 43.3 Å². The minimum Gasteiger partial charge on any atom is -0.479 e. The number of likely N-dealkylation sites (N-methyl/N-ethyl adjacent to an activating group) is 1. The highest BCUT2D eigenvalue weighted by molar-refractivity contribution is 6.05. The zero-order chi connectivity index (χ0) is 26.8. The van der Waals surface area contributed by atoms with Gasteiger partial charge >= 0.3 is 0 Å². The van der Waals surface area contributed by atoms with Crippen molar-refractivity contribution in [2.45, 2.75) is 52.4 Å². The Morgan fingerprint density at radius 1 is 0.975 bits per heavy atom. The number of benzene rings is 3. The quantitative estimate of drug-likeness (QED) is 0.367. The molecule has 9 heteroatoms. The largest absolute Gasteiger partial charge is 0.479 e. The molecule has 1 fully saturated rings. The van der Waals surface area contributed by atoms with Gasteiger partial charge in [-0.3, -0.25) is 19.4 Å². The second-order valence-electron chi connectivity index (χ2n) is 10.4. The minimum atomic E-state index is -0.541. The van der Waals surface area contributed by atoms with Crippen LogP contribution < -0.4 is 15.4 Å². The Kier molecular flexibility index (Phi) is 10.6. The van der Waals surface area contributed by atoms with Crippen molar-refractivity contribution in [3.63, 3.8) is 0 Å². The summed E-state index contributed by atoms with van der Waals surface area (Å²) in [4.78, 5) is 30.4. The summed E-state index contributed by atoms with van der Waals surface area (Å²) in [5.41, 5.74) is 5.16. The van der Waals surface area contributed by atoms with E-state index >= 15 is 0 Å². The van der Waals surface area contributed by atoms with Gasteiger partial charge in [0, 0.05) is 43.0 Å². The number of piperazine rings is 1. The second-order valence-corrected chi connectivity index (χ2v) is 10.4. The molecular formula is C31H38Cl2N4O3. The highest BCUT2D eigenvalue weighted by Crippen LogP contribution is 2.33. The molecule has 7 nitrogen and oxygen atoms in total. The molecule has 0 aliphatic carbocycles. The average Bonchev–Trinajstić information content (AvgIpc) is 2.90. The zero-order valence-corrected chi connectivity index (χ0v) is 25.0. The van der Waals surface area contributed by atoms with Gasteiger partial charge in [-0.25, -0.2) is 0 Å². The Morgan fingerprint density at radius 3 is 2.35 bits per heavy atom. The van der Waals surface area contributed by atoms with Crippen molar-refractivity contribution < 1.29 is 14.3 Å². The molecule has 0 bridgehead atoms. The number of hydrogen-bond acceptors (Lipinski definition) is 5. The van der Waals surface area contributed by atoms with Gasteiger partial charge in [0.05, 0.1) is 5.69 Å². The van der Waals surface area contributed by atoms with Gasteiger partial charge < -0.3 is 15.4 Å². The van der Waals surface area contributed by atoms with E-state index in [2.05, 4.69) is 59.4 Å². The van der Waals surface area contributed by atoms with Crippen molar-refractivity contribution in [1.82, 2.24) is 9.80 Å². The summed E-state index contributed by atoms with van der Waals surface area (Å²) in [6, 6.07) is 22.5. The fourth-order valence-electron chi connectivity index (χ4n) is 5.71. The molecule has 0 spiro atoms. The molecule has 2 aliphatic heterocycles. The van der Waals surface area contributed by atoms with Crippen molar-refractivity contribution in [2.75, 3.05) is 30.3 Å². The first kappa shape index (κ1) is 31.4. The van der Waals surface area contributed by atoms with Crippen LogP contribution in [0.3, 0.4) is 0 Å². The Hall–Kier alpha value is -3.10. The summed E-state index contributed by atoms with van der Waals surface area (Å²) in [6.07, 6.45) is -0.541. The second kappa shape index (κ2) is 13.5. The molecule has 1 saturated heterocycles. The topological polar surface area (TPSA) is 73.9 Å². The summed E-state index contributed by atoms with van der Waals surface area (Å²) in [7, 11) is 0. The number of amides is 2. The SMILES string of the molecule is CCN1[C@H](C)CN(Cc2cc(C(=O)Nc3ccc4c(c3)NC(=O)C(C)O4)ccc2-c2ccccc2)C[C@@H]1C.Cl.Cl. The standard InChI is InChI=1S/C31H36N4O3.2ClH/c1-5-35-20(2)17-34(18-21(35)3)19-25-15-24(11-13-27(25)23-9-7-6-8-10-23)31(37)32-26-12-14-29-28(16-26)33-30(36)22(4)38-29;;/h6-16,20-22H,5,17-19H2,1-4H3,(H,32,37)(H,33,36);2*1H/t20-,21+,22?;;.